The molecule has 2 amide bonds. The van der Waals surface area contributed by atoms with Crippen molar-refractivity contribution in [1.82, 2.24) is 30.0 Å². The van der Waals surface area contributed by atoms with Gasteiger partial charge in [0.2, 0.25) is 0 Å². The summed E-state index contributed by atoms with van der Waals surface area (Å²) in [6, 6.07) is 15.0. The Morgan fingerprint density at radius 1 is 1.15 bits per heavy atom. The van der Waals surface area contributed by atoms with Crippen LogP contribution in [0.1, 0.15) is 40.4 Å². The second kappa shape index (κ2) is 11.2. The van der Waals surface area contributed by atoms with Gasteiger partial charge >= 0.3 is 0 Å². The Bertz CT molecular complexity index is 1500. The molecule has 39 heavy (non-hydrogen) atoms. The maximum absolute atomic E-state index is 12.6. The van der Waals surface area contributed by atoms with Gasteiger partial charge in [-0.25, -0.2) is 14.6 Å². The fourth-order valence-corrected chi connectivity index (χ4v) is 4.98. The molecule has 5 rings (SSSR count). The van der Waals surface area contributed by atoms with Crippen molar-refractivity contribution in [3.63, 3.8) is 0 Å². The molecule has 2 unspecified atom stereocenters. The van der Waals surface area contributed by atoms with Gasteiger partial charge in [0.1, 0.15) is 17.8 Å². The van der Waals surface area contributed by atoms with Crippen LogP contribution >= 0.6 is 0 Å². The van der Waals surface area contributed by atoms with E-state index >= 15 is 0 Å². The Hall–Kier alpha value is -4.35. The maximum Gasteiger partial charge on any atom is 0.253 e. The van der Waals surface area contributed by atoms with Crippen LogP contribution in [0.15, 0.2) is 54.9 Å². The SMILES string of the molecule is Cc1ccccc1C(=O)NCc1ccc(-c2nn(C3CCCN(C(=O)C(O)CO)C3)c3ncnc(N)c23)cc1. The molecule has 0 spiro atoms. The zero-order valence-electron chi connectivity index (χ0n) is 21.6. The zero-order valence-corrected chi connectivity index (χ0v) is 21.6. The van der Waals surface area contributed by atoms with Gasteiger partial charge in [0.15, 0.2) is 11.8 Å². The smallest absolute Gasteiger partial charge is 0.253 e. The van der Waals surface area contributed by atoms with Gasteiger partial charge in [-0.1, -0.05) is 42.5 Å². The van der Waals surface area contributed by atoms with E-state index in [1.807, 2.05) is 49.4 Å². The van der Waals surface area contributed by atoms with Gasteiger partial charge in [-0.05, 0) is 37.0 Å². The quantitative estimate of drug-likeness (QED) is 0.282. The number of aromatic nitrogens is 4. The minimum atomic E-state index is -1.44. The third-order valence-corrected chi connectivity index (χ3v) is 7.10. The topological polar surface area (TPSA) is 159 Å². The van der Waals surface area contributed by atoms with Crippen LogP contribution < -0.4 is 11.1 Å². The lowest BCUT2D eigenvalue weighted by Gasteiger charge is -2.33. The number of piperidine rings is 1. The molecule has 202 valence electrons. The Balaban J connectivity index is 1.39. The van der Waals surface area contributed by atoms with Crippen molar-refractivity contribution in [3.8, 4) is 11.3 Å². The molecular formula is C28H31N7O4. The van der Waals surface area contributed by atoms with Crippen LogP contribution in [-0.2, 0) is 11.3 Å². The number of nitrogens with one attached hydrogen (secondary N) is 1. The lowest BCUT2D eigenvalue weighted by atomic mass is 10.0. The van der Waals surface area contributed by atoms with Crippen molar-refractivity contribution in [1.29, 1.82) is 0 Å². The number of nitrogen functional groups attached to an aromatic ring is 1. The van der Waals surface area contributed by atoms with E-state index in [0.29, 0.717) is 54.2 Å². The number of nitrogens with zero attached hydrogens (tertiary/aromatic N) is 5. The highest BCUT2D eigenvalue weighted by atomic mass is 16.3. The number of rotatable bonds is 7. The van der Waals surface area contributed by atoms with Crippen molar-refractivity contribution in [2.24, 2.45) is 0 Å². The molecule has 0 radical (unpaired) electrons. The molecule has 11 nitrogen and oxygen atoms in total. The monoisotopic (exact) mass is 529 g/mol. The number of likely N-dealkylation sites (tertiary alicyclic amines) is 1. The minimum Gasteiger partial charge on any atom is -0.393 e. The number of fused-ring (bicyclic) bond motifs is 1. The normalized spacial score (nSPS) is 16.3. The molecule has 11 heteroatoms. The Morgan fingerprint density at radius 3 is 2.67 bits per heavy atom. The number of hydrogen-bond donors (Lipinski definition) is 4. The highest BCUT2D eigenvalue weighted by Crippen LogP contribution is 2.34. The fourth-order valence-electron chi connectivity index (χ4n) is 4.98. The largest absolute Gasteiger partial charge is 0.393 e. The summed E-state index contributed by atoms with van der Waals surface area (Å²) in [6.07, 6.45) is 1.43. The molecule has 1 fully saturated rings. The van der Waals surface area contributed by atoms with Crippen molar-refractivity contribution < 1.29 is 19.8 Å². The van der Waals surface area contributed by atoms with Crippen LogP contribution in [0.5, 0.6) is 0 Å². The second-order valence-electron chi connectivity index (χ2n) is 9.72. The first-order valence-electron chi connectivity index (χ1n) is 12.9. The van der Waals surface area contributed by atoms with Crippen LogP contribution in [0.3, 0.4) is 0 Å². The summed E-state index contributed by atoms with van der Waals surface area (Å²) in [6.45, 7) is 2.49. The second-order valence-corrected chi connectivity index (χ2v) is 9.72. The summed E-state index contributed by atoms with van der Waals surface area (Å²) < 4.78 is 1.78. The number of aliphatic hydroxyl groups is 2. The van der Waals surface area contributed by atoms with Crippen LogP contribution in [0.4, 0.5) is 5.82 Å². The van der Waals surface area contributed by atoms with Gasteiger partial charge in [0.05, 0.1) is 18.0 Å². The number of hydrogen-bond acceptors (Lipinski definition) is 8. The van der Waals surface area contributed by atoms with E-state index in [0.717, 1.165) is 23.1 Å². The lowest BCUT2D eigenvalue weighted by molar-refractivity contribution is -0.143. The molecule has 0 saturated carbocycles. The molecule has 2 aromatic heterocycles. The molecule has 0 bridgehead atoms. The Labute approximate surface area is 225 Å². The van der Waals surface area contributed by atoms with Gasteiger partial charge in [-0.2, -0.15) is 5.10 Å². The zero-order chi connectivity index (χ0) is 27.5. The highest BCUT2D eigenvalue weighted by molar-refractivity contribution is 5.98. The van der Waals surface area contributed by atoms with E-state index in [4.69, 9.17) is 10.8 Å². The number of aryl methyl sites for hydroxylation is 1. The van der Waals surface area contributed by atoms with Crippen LogP contribution in [0.25, 0.3) is 22.3 Å². The molecular weight excluding hydrogens is 498 g/mol. The highest BCUT2D eigenvalue weighted by Gasteiger charge is 2.31. The fraction of sp³-hybridized carbons (Fsp3) is 0.321. The number of carbonyl (C=O) groups is 2. The molecule has 0 aliphatic carbocycles. The summed E-state index contributed by atoms with van der Waals surface area (Å²) in [5.74, 6) is -0.327. The summed E-state index contributed by atoms with van der Waals surface area (Å²) in [5, 5.41) is 27.5. The molecule has 3 heterocycles. The van der Waals surface area contributed by atoms with Crippen molar-refractivity contribution >= 4 is 28.7 Å². The van der Waals surface area contributed by atoms with Crippen molar-refractivity contribution in [2.75, 3.05) is 25.4 Å². The van der Waals surface area contributed by atoms with Crippen molar-refractivity contribution in [2.45, 2.75) is 38.5 Å². The van der Waals surface area contributed by atoms with E-state index < -0.39 is 18.6 Å². The first-order chi connectivity index (χ1) is 18.9. The van der Waals surface area contributed by atoms with Gasteiger partial charge in [0.25, 0.3) is 11.8 Å². The van der Waals surface area contributed by atoms with E-state index in [1.165, 1.54) is 6.33 Å². The van der Waals surface area contributed by atoms with Gasteiger partial charge in [0, 0.05) is 30.8 Å². The average molecular weight is 530 g/mol. The Kier molecular flexibility index (Phi) is 7.53. The standard InChI is InChI=1S/C28H31N7O4/c1-17-5-2-3-7-21(17)27(38)30-13-18-8-10-19(11-9-18)24-23-25(29)31-16-32-26(23)35(33-24)20-6-4-12-34(14-20)28(39)22(37)15-36/h2-3,5,7-11,16,20,22,36-37H,4,6,12-15H2,1H3,(H,30,38)(H2,29,31,32). The van der Waals surface area contributed by atoms with E-state index in [2.05, 4.69) is 15.3 Å². The third-order valence-electron chi connectivity index (χ3n) is 7.10. The van der Waals surface area contributed by atoms with Gasteiger partial charge < -0.3 is 26.2 Å². The maximum atomic E-state index is 12.6. The molecule has 2 aromatic carbocycles. The first-order valence-corrected chi connectivity index (χ1v) is 12.9. The molecule has 5 N–H and O–H groups in total. The summed E-state index contributed by atoms with van der Waals surface area (Å²) in [5.41, 5.74) is 10.8. The van der Waals surface area contributed by atoms with Crippen LogP contribution in [0.2, 0.25) is 0 Å². The average Bonchev–Trinajstić information content (AvgIpc) is 3.37. The number of anilines is 1. The number of amides is 2. The summed E-state index contributed by atoms with van der Waals surface area (Å²) in [7, 11) is 0. The van der Waals surface area contributed by atoms with Crippen LogP contribution in [0, 0.1) is 6.92 Å². The summed E-state index contributed by atoms with van der Waals surface area (Å²) in [4.78, 5) is 35.2. The van der Waals surface area contributed by atoms with Gasteiger partial charge in [-0.15, -0.1) is 0 Å². The molecule has 4 aromatic rings. The third kappa shape index (κ3) is 5.31. The summed E-state index contributed by atoms with van der Waals surface area (Å²) >= 11 is 0. The van der Waals surface area contributed by atoms with E-state index in [9.17, 15) is 19.8 Å². The van der Waals surface area contributed by atoms with Crippen LogP contribution in [-0.4, -0.2) is 72.5 Å². The number of carbonyl (C=O) groups excluding carboxylic acids is 2. The first kappa shape index (κ1) is 26.3. The Morgan fingerprint density at radius 2 is 1.92 bits per heavy atom. The predicted molar refractivity (Wildman–Crippen MR) is 145 cm³/mol. The van der Waals surface area contributed by atoms with Crippen molar-refractivity contribution in [3.05, 3.63) is 71.5 Å². The van der Waals surface area contributed by atoms with Gasteiger partial charge in [-0.3, -0.25) is 9.59 Å². The minimum absolute atomic E-state index is 0.127. The number of aliphatic hydroxyl groups excluding tert-OH is 2. The number of benzene rings is 2. The molecule has 1 aliphatic heterocycles. The van der Waals surface area contributed by atoms with E-state index in [1.54, 1.807) is 15.6 Å². The number of nitrogens with two attached hydrogens (primary N) is 1. The molecule has 2 atom stereocenters. The predicted octanol–water partition coefficient (Wildman–Crippen LogP) is 1.83. The lowest BCUT2D eigenvalue weighted by Crippen LogP contribution is -2.46. The van der Waals surface area contributed by atoms with E-state index in [-0.39, 0.29) is 11.9 Å². The molecule has 1 aliphatic rings. The molecule has 1 saturated heterocycles.